The van der Waals surface area contributed by atoms with Crippen molar-refractivity contribution in [2.45, 2.75) is 45.1 Å². The number of rotatable bonds is 7. The zero-order valence-corrected chi connectivity index (χ0v) is 13.1. The molecule has 3 atom stereocenters. The van der Waals surface area contributed by atoms with Gasteiger partial charge in [0.25, 0.3) is 0 Å². The van der Waals surface area contributed by atoms with E-state index < -0.39 is 0 Å². The number of benzene rings is 1. The summed E-state index contributed by atoms with van der Waals surface area (Å²) in [4.78, 5) is 0. The van der Waals surface area contributed by atoms with Gasteiger partial charge in [-0.1, -0.05) is 19.1 Å². The zero-order valence-electron chi connectivity index (χ0n) is 13.1. The highest BCUT2D eigenvalue weighted by Crippen LogP contribution is 2.55. The summed E-state index contributed by atoms with van der Waals surface area (Å²) in [7, 11) is 1.53. The van der Waals surface area contributed by atoms with E-state index in [9.17, 15) is 4.39 Å². The molecule has 1 aromatic carbocycles. The van der Waals surface area contributed by atoms with Gasteiger partial charge in [-0.2, -0.15) is 0 Å². The minimum atomic E-state index is -0.188. The van der Waals surface area contributed by atoms with Gasteiger partial charge in [0, 0.05) is 6.04 Å². The molecule has 0 heterocycles. The number of fused-ring (bicyclic) bond motifs is 1. The number of hydrogen-bond acceptors (Lipinski definition) is 2. The van der Waals surface area contributed by atoms with Gasteiger partial charge in [0.15, 0.2) is 11.6 Å². The van der Waals surface area contributed by atoms with E-state index in [1.54, 1.807) is 6.07 Å². The van der Waals surface area contributed by atoms with Gasteiger partial charge < -0.3 is 10.1 Å². The van der Waals surface area contributed by atoms with Crippen molar-refractivity contribution in [1.82, 2.24) is 5.32 Å². The van der Waals surface area contributed by atoms with Crippen LogP contribution < -0.4 is 10.1 Å². The van der Waals surface area contributed by atoms with Gasteiger partial charge in [-0.25, -0.2) is 4.39 Å². The van der Waals surface area contributed by atoms with Crippen molar-refractivity contribution in [3.05, 3.63) is 29.6 Å². The maximum atomic E-state index is 14.4. The molecule has 116 valence electrons. The summed E-state index contributed by atoms with van der Waals surface area (Å²) >= 11 is 0. The lowest BCUT2D eigenvalue weighted by Crippen LogP contribution is -2.38. The molecule has 0 aliphatic heterocycles. The van der Waals surface area contributed by atoms with E-state index in [0.29, 0.717) is 17.7 Å². The van der Waals surface area contributed by atoms with Crippen LogP contribution in [-0.2, 0) is 6.42 Å². The highest BCUT2D eigenvalue weighted by Gasteiger charge is 2.47. The van der Waals surface area contributed by atoms with Gasteiger partial charge in [0.2, 0.25) is 0 Å². The maximum absolute atomic E-state index is 14.4. The van der Waals surface area contributed by atoms with Crippen molar-refractivity contribution in [1.29, 1.82) is 0 Å². The van der Waals surface area contributed by atoms with E-state index in [0.717, 1.165) is 36.8 Å². The van der Waals surface area contributed by atoms with Crippen LogP contribution >= 0.6 is 0 Å². The Kier molecular flexibility index (Phi) is 4.48. The van der Waals surface area contributed by atoms with Crippen molar-refractivity contribution < 1.29 is 9.13 Å². The first kappa shape index (κ1) is 14.8. The van der Waals surface area contributed by atoms with Crippen molar-refractivity contribution >= 4 is 0 Å². The van der Waals surface area contributed by atoms with E-state index in [1.807, 2.05) is 12.1 Å². The van der Waals surface area contributed by atoms with Crippen LogP contribution in [0, 0.1) is 23.6 Å². The second-order valence-electron chi connectivity index (χ2n) is 6.69. The highest BCUT2D eigenvalue weighted by atomic mass is 19.1. The molecule has 0 spiro atoms. The summed E-state index contributed by atoms with van der Waals surface area (Å²) in [5.74, 6) is 2.82. The molecule has 0 saturated heterocycles. The first-order valence-corrected chi connectivity index (χ1v) is 8.27. The largest absolute Gasteiger partial charge is 0.494 e. The molecule has 0 radical (unpaired) electrons. The number of hydrogen-bond donors (Lipinski definition) is 1. The first-order chi connectivity index (χ1) is 10.2. The van der Waals surface area contributed by atoms with Crippen LogP contribution in [0.5, 0.6) is 5.75 Å². The lowest BCUT2D eigenvalue weighted by atomic mass is 9.89. The number of halogens is 1. The molecule has 2 aliphatic carbocycles. The van der Waals surface area contributed by atoms with Crippen LogP contribution in [0.2, 0.25) is 0 Å². The van der Waals surface area contributed by atoms with Crippen molar-refractivity contribution in [3.63, 3.8) is 0 Å². The topological polar surface area (TPSA) is 21.3 Å². The SMILES string of the molecule is CCCNC(Cc1cccc(OC)c1F)C1CC2CC2C1. The van der Waals surface area contributed by atoms with E-state index in [-0.39, 0.29) is 5.82 Å². The van der Waals surface area contributed by atoms with Crippen LogP contribution in [0.4, 0.5) is 4.39 Å². The molecular formula is C18H26FNO. The van der Waals surface area contributed by atoms with Crippen LogP contribution in [0.3, 0.4) is 0 Å². The third-order valence-corrected chi connectivity index (χ3v) is 5.21. The van der Waals surface area contributed by atoms with Crippen LogP contribution in [-0.4, -0.2) is 19.7 Å². The molecule has 21 heavy (non-hydrogen) atoms. The standard InChI is InChI=1S/C18H26FNO/c1-3-7-20-16(15-9-13-8-14(13)10-15)11-12-5-4-6-17(21-2)18(12)19/h4-6,13-16,20H,3,7-11H2,1-2H3. The lowest BCUT2D eigenvalue weighted by Gasteiger charge is -2.26. The molecule has 2 fully saturated rings. The summed E-state index contributed by atoms with van der Waals surface area (Å²) in [6.07, 6.45) is 5.99. The Bertz CT molecular complexity index is 480. The van der Waals surface area contributed by atoms with E-state index in [4.69, 9.17) is 4.74 Å². The fraction of sp³-hybridized carbons (Fsp3) is 0.667. The van der Waals surface area contributed by atoms with Crippen LogP contribution in [0.1, 0.15) is 38.2 Å². The smallest absolute Gasteiger partial charge is 0.168 e. The molecule has 0 aromatic heterocycles. The van der Waals surface area contributed by atoms with Gasteiger partial charge in [-0.15, -0.1) is 0 Å². The van der Waals surface area contributed by atoms with Gasteiger partial charge in [0.1, 0.15) is 0 Å². The molecule has 3 heteroatoms. The van der Waals surface area contributed by atoms with Crippen LogP contribution in [0.25, 0.3) is 0 Å². The molecule has 2 nitrogen and oxygen atoms in total. The predicted octanol–water partition coefficient (Wildman–Crippen LogP) is 3.79. The summed E-state index contributed by atoms with van der Waals surface area (Å²) in [6.45, 7) is 3.20. The van der Waals surface area contributed by atoms with E-state index in [1.165, 1.54) is 26.4 Å². The van der Waals surface area contributed by atoms with Gasteiger partial charge in [-0.3, -0.25) is 0 Å². The third-order valence-electron chi connectivity index (χ3n) is 5.21. The molecule has 1 aromatic rings. The summed E-state index contributed by atoms with van der Waals surface area (Å²) in [6, 6.07) is 5.88. The fourth-order valence-corrected chi connectivity index (χ4v) is 3.93. The minimum Gasteiger partial charge on any atom is -0.494 e. The average molecular weight is 291 g/mol. The Balaban J connectivity index is 1.71. The van der Waals surface area contributed by atoms with Gasteiger partial charge >= 0.3 is 0 Å². The molecule has 2 aliphatic rings. The normalized spacial score (nSPS) is 28.2. The number of methoxy groups -OCH3 is 1. The molecule has 3 rings (SSSR count). The molecule has 1 N–H and O–H groups in total. The van der Waals surface area contributed by atoms with E-state index >= 15 is 0 Å². The van der Waals surface area contributed by atoms with E-state index in [2.05, 4.69) is 12.2 Å². The summed E-state index contributed by atoms with van der Waals surface area (Å²) < 4.78 is 19.5. The third kappa shape index (κ3) is 3.23. The Labute approximate surface area is 127 Å². The quantitative estimate of drug-likeness (QED) is 0.825. The maximum Gasteiger partial charge on any atom is 0.168 e. The summed E-state index contributed by atoms with van der Waals surface area (Å²) in [5, 5.41) is 3.66. The predicted molar refractivity (Wildman–Crippen MR) is 83.1 cm³/mol. The number of nitrogens with one attached hydrogen (secondary N) is 1. The molecule has 0 amide bonds. The molecule has 0 bridgehead atoms. The van der Waals surface area contributed by atoms with Gasteiger partial charge in [-0.05, 0) is 68.0 Å². The Morgan fingerprint density at radius 2 is 2.05 bits per heavy atom. The second-order valence-corrected chi connectivity index (χ2v) is 6.69. The molecule has 2 saturated carbocycles. The Morgan fingerprint density at radius 3 is 2.71 bits per heavy atom. The highest BCUT2D eigenvalue weighted by molar-refractivity contribution is 5.31. The molecule has 3 unspecified atom stereocenters. The fourth-order valence-electron chi connectivity index (χ4n) is 3.93. The minimum absolute atomic E-state index is 0.188. The van der Waals surface area contributed by atoms with Gasteiger partial charge in [0.05, 0.1) is 7.11 Å². The van der Waals surface area contributed by atoms with Crippen LogP contribution in [0.15, 0.2) is 18.2 Å². The number of ether oxygens (including phenoxy) is 1. The summed E-state index contributed by atoms with van der Waals surface area (Å²) in [5.41, 5.74) is 0.781. The van der Waals surface area contributed by atoms with Crippen molar-refractivity contribution in [3.8, 4) is 5.75 Å². The average Bonchev–Trinajstić information content (AvgIpc) is 3.11. The van der Waals surface area contributed by atoms with Crippen molar-refractivity contribution in [2.24, 2.45) is 17.8 Å². The lowest BCUT2D eigenvalue weighted by molar-refractivity contribution is 0.327. The Morgan fingerprint density at radius 1 is 1.29 bits per heavy atom. The first-order valence-electron chi connectivity index (χ1n) is 8.27. The zero-order chi connectivity index (χ0) is 14.8. The molecular weight excluding hydrogens is 265 g/mol. The second kappa shape index (κ2) is 6.35. The monoisotopic (exact) mass is 291 g/mol. The van der Waals surface area contributed by atoms with Crippen molar-refractivity contribution in [2.75, 3.05) is 13.7 Å². The Hall–Kier alpha value is -1.09.